The maximum atomic E-state index is 12.4. The van der Waals surface area contributed by atoms with Crippen LogP contribution in [0.5, 0.6) is 5.75 Å². The van der Waals surface area contributed by atoms with Gasteiger partial charge in [-0.25, -0.2) is 0 Å². The van der Waals surface area contributed by atoms with Crippen molar-refractivity contribution in [3.8, 4) is 5.75 Å². The van der Waals surface area contributed by atoms with Crippen LogP contribution in [0.2, 0.25) is 5.02 Å². The van der Waals surface area contributed by atoms with Crippen LogP contribution in [0.4, 0.5) is 0 Å². The molecule has 1 aromatic carbocycles. The summed E-state index contributed by atoms with van der Waals surface area (Å²) in [6.45, 7) is 0.379. The number of rotatable bonds is 6. The summed E-state index contributed by atoms with van der Waals surface area (Å²) in [4.78, 5) is 17.0. The van der Waals surface area contributed by atoms with E-state index in [4.69, 9.17) is 21.1 Å². The Morgan fingerprint density at radius 3 is 2.52 bits per heavy atom. The molecule has 4 nitrogen and oxygen atoms in total. The second-order valence-corrected chi connectivity index (χ2v) is 7.46. The zero-order valence-electron chi connectivity index (χ0n) is 15.7. The molecule has 0 bridgehead atoms. The van der Waals surface area contributed by atoms with Crippen molar-refractivity contribution in [2.45, 2.75) is 51.0 Å². The number of esters is 1. The monoisotopic (exact) mass is 387 g/mol. The zero-order chi connectivity index (χ0) is 19.1. The Morgan fingerprint density at radius 2 is 1.89 bits per heavy atom. The summed E-state index contributed by atoms with van der Waals surface area (Å²) >= 11 is 6.16. The molecule has 144 valence electrons. The van der Waals surface area contributed by atoms with E-state index < -0.39 is 0 Å². The first-order valence-corrected chi connectivity index (χ1v) is 9.97. The average Bonchev–Trinajstić information content (AvgIpc) is 2.98. The molecule has 1 atom stereocenters. The highest BCUT2D eigenvalue weighted by molar-refractivity contribution is 6.31. The van der Waals surface area contributed by atoms with Gasteiger partial charge in [0.15, 0.2) is 0 Å². The van der Waals surface area contributed by atoms with Gasteiger partial charge >= 0.3 is 5.97 Å². The zero-order valence-corrected chi connectivity index (χ0v) is 16.5. The van der Waals surface area contributed by atoms with Gasteiger partial charge in [0.2, 0.25) is 0 Å². The highest BCUT2D eigenvalue weighted by atomic mass is 35.5. The normalized spacial score (nSPS) is 16.4. The number of carbonyl (C=O) groups is 1. The van der Waals surface area contributed by atoms with Crippen molar-refractivity contribution in [1.82, 2.24) is 4.98 Å². The molecule has 0 radical (unpaired) electrons. The van der Waals surface area contributed by atoms with E-state index in [2.05, 4.69) is 4.98 Å². The topological polar surface area (TPSA) is 48.4 Å². The number of ether oxygens (including phenoxy) is 2. The van der Waals surface area contributed by atoms with Gasteiger partial charge in [-0.05, 0) is 37.0 Å². The van der Waals surface area contributed by atoms with Crippen molar-refractivity contribution in [2.24, 2.45) is 5.92 Å². The van der Waals surface area contributed by atoms with Crippen LogP contribution < -0.4 is 4.74 Å². The first-order valence-electron chi connectivity index (χ1n) is 9.59. The van der Waals surface area contributed by atoms with Gasteiger partial charge < -0.3 is 9.47 Å². The quantitative estimate of drug-likeness (QED) is 0.482. The second kappa shape index (κ2) is 9.75. The molecule has 0 saturated heterocycles. The van der Waals surface area contributed by atoms with Gasteiger partial charge in [0.25, 0.3) is 0 Å². The van der Waals surface area contributed by atoms with Crippen LogP contribution >= 0.6 is 11.6 Å². The Morgan fingerprint density at radius 1 is 1.15 bits per heavy atom. The molecule has 1 aliphatic carbocycles. The number of benzene rings is 1. The molecule has 0 spiro atoms. The fraction of sp³-hybridized carbons (Fsp3) is 0.455. The van der Waals surface area contributed by atoms with Gasteiger partial charge in [0.05, 0.1) is 19.0 Å². The molecule has 0 aliphatic heterocycles. The van der Waals surface area contributed by atoms with Crippen molar-refractivity contribution < 1.29 is 14.3 Å². The molecule has 1 fully saturated rings. The van der Waals surface area contributed by atoms with Crippen molar-refractivity contribution >= 4 is 17.6 Å². The first kappa shape index (κ1) is 19.7. The minimum Gasteiger partial charge on any atom is -0.487 e. The maximum Gasteiger partial charge on any atom is 0.315 e. The van der Waals surface area contributed by atoms with Crippen LogP contribution in [0.15, 0.2) is 42.6 Å². The molecule has 0 N–H and O–H groups in total. The number of hydrogen-bond acceptors (Lipinski definition) is 4. The fourth-order valence-electron chi connectivity index (χ4n) is 3.76. The summed E-state index contributed by atoms with van der Waals surface area (Å²) in [6, 6.07) is 11.3. The Labute approximate surface area is 165 Å². The number of pyridine rings is 1. The lowest BCUT2D eigenvalue weighted by Gasteiger charge is -2.23. The molecule has 1 saturated carbocycles. The molecule has 1 unspecified atom stereocenters. The summed E-state index contributed by atoms with van der Waals surface area (Å²) in [5.74, 6) is 0.454. The molecule has 1 aromatic heterocycles. The molecule has 1 aliphatic rings. The highest BCUT2D eigenvalue weighted by Gasteiger charge is 2.32. The molecule has 5 heteroatoms. The summed E-state index contributed by atoms with van der Waals surface area (Å²) in [6.07, 6.45) is 8.59. The number of aromatic nitrogens is 1. The molecule has 3 rings (SSSR count). The SMILES string of the molecule is COC(=O)C(c1ccc(OCc2ccccc2Cl)cn1)C1CCCCCC1. The van der Waals surface area contributed by atoms with E-state index in [0.29, 0.717) is 23.3 Å². The third kappa shape index (κ3) is 5.23. The van der Waals surface area contributed by atoms with Gasteiger partial charge in [0, 0.05) is 10.6 Å². The van der Waals surface area contributed by atoms with Crippen LogP contribution in [-0.2, 0) is 16.1 Å². The van der Waals surface area contributed by atoms with Crippen molar-refractivity contribution in [3.63, 3.8) is 0 Å². The largest absolute Gasteiger partial charge is 0.487 e. The molecular formula is C22H26ClNO3. The first-order chi connectivity index (χ1) is 13.2. The summed E-state index contributed by atoms with van der Waals surface area (Å²) in [5, 5.41) is 0.682. The predicted molar refractivity (Wildman–Crippen MR) is 106 cm³/mol. The molecule has 0 amide bonds. The summed E-state index contributed by atoms with van der Waals surface area (Å²) in [5.41, 5.74) is 1.69. The standard InChI is InChI=1S/C22H26ClNO3/c1-26-22(25)21(16-8-4-2-3-5-9-16)20-13-12-18(14-24-20)27-15-17-10-6-7-11-19(17)23/h6-7,10-14,16,21H,2-5,8-9,15H2,1H3. The number of nitrogens with zero attached hydrogens (tertiary/aromatic N) is 1. The average molecular weight is 388 g/mol. The minimum atomic E-state index is -0.300. The summed E-state index contributed by atoms with van der Waals surface area (Å²) < 4.78 is 10.9. The Hall–Kier alpha value is -2.07. The highest BCUT2D eigenvalue weighted by Crippen LogP contribution is 2.35. The second-order valence-electron chi connectivity index (χ2n) is 7.05. The smallest absolute Gasteiger partial charge is 0.315 e. The van der Waals surface area contributed by atoms with Crippen LogP contribution in [0.1, 0.15) is 55.7 Å². The van der Waals surface area contributed by atoms with Gasteiger partial charge in [-0.2, -0.15) is 0 Å². The number of halogens is 1. The third-order valence-corrected chi connectivity index (χ3v) is 5.63. The predicted octanol–water partition coefficient (Wildman–Crippen LogP) is 5.54. The van der Waals surface area contributed by atoms with E-state index in [0.717, 1.165) is 36.9 Å². The van der Waals surface area contributed by atoms with Crippen molar-refractivity contribution in [1.29, 1.82) is 0 Å². The lowest BCUT2D eigenvalue weighted by Crippen LogP contribution is -2.24. The Kier molecular flexibility index (Phi) is 7.11. The molecular weight excluding hydrogens is 362 g/mol. The third-order valence-electron chi connectivity index (χ3n) is 5.26. The van der Waals surface area contributed by atoms with Gasteiger partial charge in [-0.1, -0.05) is 55.5 Å². The summed E-state index contributed by atoms with van der Waals surface area (Å²) in [7, 11) is 1.45. The minimum absolute atomic E-state index is 0.195. The number of hydrogen-bond donors (Lipinski definition) is 0. The fourth-order valence-corrected chi connectivity index (χ4v) is 3.95. The number of carbonyl (C=O) groups excluding carboxylic acids is 1. The van der Waals surface area contributed by atoms with Gasteiger partial charge in [0.1, 0.15) is 18.3 Å². The van der Waals surface area contributed by atoms with E-state index in [-0.39, 0.29) is 11.9 Å². The van der Waals surface area contributed by atoms with Crippen molar-refractivity contribution in [3.05, 3.63) is 58.9 Å². The van der Waals surface area contributed by atoms with Gasteiger partial charge in [-0.15, -0.1) is 0 Å². The molecule has 27 heavy (non-hydrogen) atoms. The van der Waals surface area contributed by atoms with E-state index >= 15 is 0 Å². The Balaban J connectivity index is 1.71. The molecule has 1 heterocycles. The van der Waals surface area contributed by atoms with E-state index in [1.807, 2.05) is 36.4 Å². The van der Waals surface area contributed by atoms with Crippen LogP contribution in [0.3, 0.4) is 0 Å². The number of methoxy groups -OCH3 is 1. The van der Waals surface area contributed by atoms with Crippen LogP contribution in [-0.4, -0.2) is 18.1 Å². The van der Waals surface area contributed by atoms with Crippen LogP contribution in [0, 0.1) is 5.92 Å². The van der Waals surface area contributed by atoms with E-state index in [1.54, 1.807) is 6.20 Å². The Bertz CT molecular complexity index is 739. The van der Waals surface area contributed by atoms with E-state index in [9.17, 15) is 4.79 Å². The van der Waals surface area contributed by atoms with Crippen LogP contribution in [0.25, 0.3) is 0 Å². The van der Waals surface area contributed by atoms with Crippen molar-refractivity contribution in [2.75, 3.05) is 7.11 Å². The molecule has 2 aromatic rings. The maximum absolute atomic E-state index is 12.4. The lowest BCUT2D eigenvalue weighted by molar-refractivity contribution is -0.144. The lowest BCUT2D eigenvalue weighted by atomic mass is 9.83. The van der Waals surface area contributed by atoms with Gasteiger partial charge in [-0.3, -0.25) is 9.78 Å². The van der Waals surface area contributed by atoms with E-state index in [1.165, 1.54) is 20.0 Å².